The number of carbonyl (C=O) groups is 4. The second-order valence-corrected chi connectivity index (χ2v) is 9.94. The molecule has 0 saturated heterocycles. The fraction of sp³-hybridized carbons (Fsp3) is 0.152. The van der Waals surface area contributed by atoms with Crippen LogP contribution in [0.15, 0.2) is 91.0 Å². The molecule has 220 valence electrons. The van der Waals surface area contributed by atoms with Gasteiger partial charge in [0, 0.05) is 12.1 Å². The first-order chi connectivity index (χ1) is 20.2. The minimum absolute atomic E-state index is 0. The molecule has 4 aromatic carbocycles. The van der Waals surface area contributed by atoms with E-state index in [2.05, 4.69) is 0 Å². The number of carboxylic acid groups (broad SMARTS) is 3. The van der Waals surface area contributed by atoms with Gasteiger partial charge in [0.05, 0.1) is 28.7 Å². The van der Waals surface area contributed by atoms with E-state index in [4.69, 9.17) is 4.74 Å². The van der Waals surface area contributed by atoms with E-state index >= 15 is 0 Å². The van der Waals surface area contributed by atoms with Crippen LogP contribution in [-0.2, 0) is 13.0 Å². The van der Waals surface area contributed by atoms with Crippen LogP contribution in [0.5, 0.6) is 11.5 Å². The maximum Gasteiger partial charge on any atom is 1.00 e. The molecule has 5 rings (SSSR count). The number of fused-ring (bicyclic) bond motifs is 1. The third-order valence-electron chi connectivity index (χ3n) is 7.27. The largest absolute Gasteiger partial charge is 1.00 e. The Hall–Kier alpha value is -4.48. The van der Waals surface area contributed by atoms with E-state index in [-0.39, 0.29) is 41.6 Å². The van der Waals surface area contributed by atoms with Crippen molar-refractivity contribution in [3.05, 3.63) is 130 Å². The van der Waals surface area contributed by atoms with E-state index < -0.39 is 52.1 Å². The van der Waals surface area contributed by atoms with Gasteiger partial charge in [-0.15, -0.1) is 0 Å². The van der Waals surface area contributed by atoms with Crippen molar-refractivity contribution in [3.63, 3.8) is 0 Å². The Kier molecular flexibility index (Phi) is 11.4. The van der Waals surface area contributed by atoms with Crippen molar-refractivity contribution in [1.82, 2.24) is 4.90 Å². The number of nitrogens with zero attached hydrogens (tertiary/aromatic N) is 1. The summed E-state index contributed by atoms with van der Waals surface area (Å²) in [7, 11) is 0. The molecule has 0 bridgehead atoms. The molecule has 4 N–H and O–H groups in total. The van der Waals surface area contributed by atoms with Crippen LogP contribution in [0, 0.1) is 0 Å². The van der Waals surface area contributed by atoms with Crippen LogP contribution in [0.2, 0.25) is 0 Å². The zero-order valence-electron chi connectivity index (χ0n) is 23.9. The summed E-state index contributed by atoms with van der Waals surface area (Å²) in [6, 6.07) is 25.1. The molecule has 0 heterocycles. The number of rotatable bonds is 9. The number of ether oxygens (including phenoxy) is 1. The van der Waals surface area contributed by atoms with Crippen LogP contribution in [0.3, 0.4) is 0 Å². The zero-order chi connectivity index (χ0) is 29.8. The Bertz CT molecular complexity index is 1690. The molecule has 0 radical (unpaired) electrons. The Balaban J connectivity index is 0.00000264. The molecule has 1 aliphatic carbocycles. The molecule has 1 aliphatic rings. The van der Waals surface area contributed by atoms with Crippen molar-refractivity contribution in [1.29, 1.82) is 0 Å². The summed E-state index contributed by atoms with van der Waals surface area (Å²) in [4.78, 5) is 51.6. The van der Waals surface area contributed by atoms with Gasteiger partial charge in [-0.3, -0.25) is 4.79 Å². The Morgan fingerprint density at radius 2 is 1.39 bits per heavy atom. The zero-order valence-corrected chi connectivity index (χ0v) is 25.9. The van der Waals surface area contributed by atoms with Crippen molar-refractivity contribution in [2.75, 3.05) is 0 Å². The minimum atomic E-state index is -1.83. The maximum atomic E-state index is 14.3. The number of aryl methyl sites for hydroxylation is 1. The van der Waals surface area contributed by atoms with E-state index in [1.54, 1.807) is 18.2 Å². The summed E-state index contributed by atoms with van der Waals surface area (Å²) in [6.45, 7) is 0.0459. The van der Waals surface area contributed by atoms with Crippen LogP contribution in [0.25, 0.3) is 0 Å². The summed E-state index contributed by atoms with van der Waals surface area (Å²) < 4.78 is 5.97. The van der Waals surface area contributed by atoms with Gasteiger partial charge in [-0.05, 0) is 72.4 Å². The van der Waals surface area contributed by atoms with Crippen LogP contribution < -0.4 is 39.4 Å². The van der Waals surface area contributed by atoms with Gasteiger partial charge in [-0.2, -0.15) is 0 Å². The maximum absolute atomic E-state index is 14.3. The SMILES string of the molecule is O.O=C([O-])c1cc(C(=O)N(Cc2cccc(Oc3ccccc3)c2)[C@H]2CCCc3ccccc32)c(C(=O)O)cc1C(=O)O.[Na+]. The average molecular weight is 606 g/mol. The number of aromatic carboxylic acids is 3. The van der Waals surface area contributed by atoms with Crippen molar-refractivity contribution in [2.24, 2.45) is 0 Å². The number of hydrogen-bond acceptors (Lipinski definition) is 6. The summed E-state index contributed by atoms with van der Waals surface area (Å²) in [5.74, 6) is -4.63. The number of carboxylic acids is 3. The van der Waals surface area contributed by atoms with Gasteiger partial charge in [0.1, 0.15) is 11.5 Å². The van der Waals surface area contributed by atoms with Crippen LogP contribution in [0.4, 0.5) is 0 Å². The molecule has 1 amide bonds. The molecule has 4 aromatic rings. The monoisotopic (exact) mass is 605 g/mol. The first-order valence-corrected chi connectivity index (χ1v) is 13.3. The third kappa shape index (κ3) is 7.35. The quantitative estimate of drug-likeness (QED) is 0.267. The van der Waals surface area contributed by atoms with Crippen LogP contribution >= 0.6 is 0 Å². The van der Waals surface area contributed by atoms with Crippen molar-refractivity contribution in [2.45, 2.75) is 31.8 Å². The number of carbonyl (C=O) groups excluding carboxylic acids is 2. The molecule has 0 aliphatic heterocycles. The van der Waals surface area contributed by atoms with Gasteiger partial charge >= 0.3 is 41.5 Å². The number of hydrogen-bond donors (Lipinski definition) is 2. The van der Waals surface area contributed by atoms with Crippen molar-refractivity contribution in [3.8, 4) is 11.5 Å². The summed E-state index contributed by atoms with van der Waals surface area (Å²) in [6.07, 6.45) is 2.18. The van der Waals surface area contributed by atoms with Gasteiger partial charge in [0.25, 0.3) is 5.91 Å². The van der Waals surface area contributed by atoms with Gasteiger partial charge in [-0.1, -0.05) is 54.6 Å². The van der Waals surface area contributed by atoms with E-state index in [1.165, 1.54) is 4.90 Å². The summed E-state index contributed by atoms with van der Waals surface area (Å²) >= 11 is 0. The molecule has 44 heavy (non-hydrogen) atoms. The predicted octanol–water partition coefficient (Wildman–Crippen LogP) is 1.14. The van der Waals surface area contributed by atoms with Crippen LogP contribution in [-0.4, -0.2) is 44.4 Å². The van der Waals surface area contributed by atoms with Gasteiger partial charge < -0.3 is 35.2 Å². The molecule has 0 saturated carbocycles. The second kappa shape index (κ2) is 14.8. The first-order valence-electron chi connectivity index (χ1n) is 13.3. The van der Waals surface area contributed by atoms with E-state index in [9.17, 15) is 34.5 Å². The van der Waals surface area contributed by atoms with Gasteiger partial charge in [0.15, 0.2) is 0 Å². The Morgan fingerprint density at radius 3 is 2.07 bits per heavy atom. The molecule has 0 aromatic heterocycles. The number of benzene rings is 4. The van der Waals surface area contributed by atoms with Crippen molar-refractivity contribution < 1.29 is 74.3 Å². The van der Waals surface area contributed by atoms with Crippen molar-refractivity contribution >= 4 is 23.8 Å². The molecule has 0 spiro atoms. The molecule has 10 nitrogen and oxygen atoms in total. The molecule has 0 unspecified atom stereocenters. The number of para-hydroxylation sites is 1. The normalized spacial score (nSPS) is 13.3. The Morgan fingerprint density at radius 1 is 0.773 bits per heavy atom. The topological polar surface area (TPSA) is 176 Å². The van der Waals surface area contributed by atoms with E-state index in [0.29, 0.717) is 29.5 Å². The number of amides is 1. The average Bonchev–Trinajstić information content (AvgIpc) is 2.99. The summed E-state index contributed by atoms with van der Waals surface area (Å²) in [5.41, 5.74) is 0.0567. The minimum Gasteiger partial charge on any atom is -0.545 e. The standard InChI is InChI=1S/C33H27NO8.Na.H2O/c35-30(25-17-27(32(38)39)28(33(40)41)18-26(25)31(36)37)34(29-15-7-10-21-9-4-5-14-24(21)29)19-20-8-6-13-23(16-20)42-22-11-2-1-3-12-22;;/h1-6,8-9,11-14,16-18,29H,7,10,15,19H2,(H,36,37)(H,38,39)(H,40,41);;1H2/q;+1;/p-1/t29-;;/m0../s1. The van der Waals surface area contributed by atoms with Gasteiger partial charge in [-0.25, -0.2) is 9.59 Å². The van der Waals surface area contributed by atoms with E-state index in [1.807, 2.05) is 60.7 Å². The fourth-order valence-electron chi connectivity index (χ4n) is 5.36. The predicted molar refractivity (Wildman–Crippen MR) is 153 cm³/mol. The first kappa shape index (κ1) is 34.0. The molecule has 1 atom stereocenters. The Labute approximate surface area is 275 Å². The summed E-state index contributed by atoms with van der Waals surface area (Å²) in [5, 5.41) is 31.3. The second-order valence-electron chi connectivity index (χ2n) is 9.94. The van der Waals surface area contributed by atoms with Crippen LogP contribution in [0.1, 0.15) is 77.0 Å². The fourth-order valence-corrected chi connectivity index (χ4v) is 5.36. The third-order valence-corrected chi connectivity index (χ3v) is 7.27. The van der Waals surface area contributed by atoms with E-state index in [0.717, 1.165) is 30.0 Å². The molecular weight excluding hydrogens is 577 g/mol. The van der Waals surface area contributed by atoms with Gasteiger partial charge in [0.2, 0.25) is 0 Å². The smallest absolute Gasteiger partial charge is 0.545 e. The molecule has 0 fully saturated rings. The molecular formula is C33H28NNaO9. The molecule has 11 heteroatoms.